The number of nitrogens with one attached hydrogen (secondary N) is 2. The van der Waals surface area contributed by atoms with E-state index in [1.54, 1.807) is 0 Å². The second-order valence-electron chi connectivity index (χ2n) is 9.33. The molecule has 2 aliphatic carbocycles. The number of carbonyl (C=O) groups is 1. The Morgan fingerprint density at radius 1 is 1.28 bits per heavy atom. The Labute approximate surface area is 173 Å². The minimum absolute atomic E-state index is 0.0945. The zero-order valence-corrected chi connectivity index (χ0v) is 18.0. The lowest BCUT2D eigenvalue weighted by atomic mass is 9.73. The molecule has 1 saturated heterocycles. The molecule has 5 nitrogen and oxygen atoms in total. The van der Waals surface area contributed by atoms with Gasteiger partial charge in [0.15, 0.2) is 0 Å². The third kappa shape index (κ3) is 3.33. The van der Waals surface area contributed by atoms with E-state index in [0.29, 0.717) is 12.0 Å². The standard InChI is InChI=1S/C24H34N4O/c1-4-27(5-2)24(29)26-17-11-20-18-7-6-8-21-23(18)19(15(3)25-21)12-22(20)28(14-17)13-16-9-10-16/h6-8,16-17,20,22,25H,4-5,9-14H2,1-3H3,(H,26,29)/t17-,20+,22+/m0/s1. The quantitative estimate of drug-likeness (QED) is 0.805. The fourth-order valence-electron chi connectivity index (χ4n) is 5.79. The van der Waals surface area contributed by atoms with Crippen LogP contribution in [0.1, 0.15) is 55.8 Å². The lowest BCUT2D eigenvalue weighted by Crippen LogP contribution is -2.58. The molecule has 1 aliphatic heterocycles. The number of urea groups is 1. The Hall–Kier alpha value is -2.01. The van der Waals surface area contributed by atoms with Crippen LogP contribution in [-0.4, -0.2) is 59.1 Å². The average Bonchev–Trinajstić information content (AvgIpc) is 3.46. The summed E-state index contributed by atoms with van der Waals surface area (Å²) >= 11 is 0. The van der Waals surface area contributed by atoms with E-state index in [1.165, 1.54) is 47.1 Å². The molecule has 0 unspecified atom stereocenters. The molecule has 1 aromatic carbocycles. The highest BCUT2D eigenvalue weighted by atomic mass is 16.2. The molecule has 2 amide bonds. The molecular weight excluding hydrogens is 360 g/mol. The van der Waals surface area contributed by atoms with Gasteiger partial charge in [-0.25, -0.2) is 4.79 Å². The number of aromatic nitrogens is 1. The van der Waals surface area contributed by atoms with Crippen LogP contribution < -0.4 is 5.32 Å². The normalized spacial score (nSPS) is 26.4. The van der Waals surface area contributed by atoms with Gasteiger partial charge in [0.2, 0.25) is 0 Å². The zero-order valence-electron chi connectivity index (χ0n) is 18.0. The van der Waals surface area contributed by atoms with E-state index < -0.39 is 0 Å². The van der Waals surface area contributed by atoms with Crippen LogP contribution in [0, 0.1) is 12.8 Å². The summed E-state index contributed by atoms with van der Waals surface area (Å²) in [5.41, 5.74) is 5.61. The number of nitrogens with zero attached hydrogens (tertiary/aromatic N) is 2. The van der Waals surface area contributed by atoms with Crippen molar-refractivity contribution in [1.82, 2.24) is 20.1 Å². The lowest BCUT2D eigenvalue weighted by molar-refractivity contribution is 0.0932. The fourth-order valence-corrected chi connectivity index (χ4v) is 5.79. The smallest absolute Gasteiger partial charge is 0.317 e. The minimum atomic E-state index is 0.0945. The van der Waals surface area contributed by atoms with E-state index >= 15 is 0 Å². The number of amides is 2. The lowest BCUT2D eigenvalue weighted by Gasteiger charge is -2.47. The molecule has 29 heavy (non-hydrogen) atoms. The third-order valence-corrected chi connectivity index (χ3v) is 7.48. The number of H-pyrrole nitrogens is 1. The molecule has 2 fully saturated rings. The molecular formula is C24H34N4O. The van der Waals surface area contributed by atoms with Crippen LogP contribution in [-0.2, 0) is 6.42 Å². The first-order chi connectivity index (χ1) is 14.1. The number of hydrogen-bond donors (Lipinski definition) is 2. The Morgan fingerprint density at radius 2 is 2.07 bits per heavy atom. The van der Waals surface area contributed by atoms with Crippen molar-refractivity contribution in [3.05, 3.63) is 35.0 Å². The van der Waals surface area contributed by atoms with Crippen LogP contribution >= 0.6 is 0 Å². The van der Waals surface area contributed by atoms with Crippen molar-refractivity contribution in [3.63, 3.8) is 0 Å². The predicted octanol–water partition coefficient (Wildman–Crippen LogP) is 4.02. The fraction of sp³-hybridized carbons (Fsp3) is 0.625. The monoisotopic (exact) mass is 394 g/mol. The van der Waals surface area contributed by atoms with Crippen LogP contribution in [0.3, 0.4) is 0 Å². The summed E-state index contributed by atoms with van der Waals surface area (Å²) in [6.45, 7) is 10.0. The second-order valence-corrected chi connectivity index (χ2v) is 9.33. The highest BCUT2D eigenvalue weighted by molar-refractivity contribution is 5.89. The van der Waals surface area contributed by atoms with Crippen molar-refractivity contribution in [1.29, 1.82) is 0 Å². The molecule has 1 aromatic heterocycles. The van der Waals surface area contributed by atoms with Crippen molar-refractivity contribution >= 4 is 16.9 Å². The van der Waals surface area contributed by atoms with Crippen LogP contribution in [0.25, 0.3) is 10.9 Å². The molecule has 0 radical (unpaired) electrons. The number of piperidine rings is 1. The van der Waals surface area contributed by atoms with Crippen molar-refractivity contribution < 1.29 is 4.79 Å². The Morgan fingerprint density at radius 3 is 2.79 bits per heavy atom. The van der Waals surface area contributed by atoms with E-state index in [-0.39, 0.29) is 12.1 Å². The number of fused-ring (bicyclic) bond motifs is 2. The van der Waals surface area contributed by atoms with E-state index in [4.69, 9.17) is 0 Å². The highest BCUT2D eigenvalue weighted by Crippen LogP contribution is 2.45. The van der Waals surface area contributed by atoms with Crippen molar-refractivity contribution in [2.75, 3.05) is 26.2 Å². The summed E-state index contributed by atoms with van der Waals surface area (Å²) < 4.78 is 0. The molecule has 2 heterocycles. The van der Waals surface area contributed by atoms with Gasteiger partial charge in [0.25, 0.3) is 0 Å². The summed E-state index contributed by atoms with van der Waals surface area (Å²) in [4.78, 5) is 21.0. The molecule has 156 valence electrons. The summed E-state index contributed by atoms with van der Waals surface area (Å²) in [5, 5.41) is 4.83. The number of benzene rings is 1. The van der Waals surface area contributed by atoms with Gasteiger partial charge in [-0.3, -0.25) is 4.90 Å². The van der Waals surface area contributed by atoms with Crippen LogP contribution in [0.5, 0.6) is 0 Å². The van der Waals surface area contributed by atoms with E-state index in [9.17, 15) is 4.79 Å². The Balaban J connectivity index is 1.46. The SMILES string of the molecule is CCN(CC)C(=O)N[C@H]1C[C@@H]2c3cccc4[nH]c(C)c(c34)C[C@H]2N(CC2CC2)C1. The summed E-state index contributed by atoms with van der Waals surface area (Å²) in [7, 11) is 0. The molecule has 0 spiro atoms. The van der Waals surface area contributed by atoms with Gasteiger partial charge in [-0.05, 0) is 69.6 Å². The minimum Gasteiger partial charge on any atom is -0.358 e. The van der Waals surface area contributed by atoms with Gasteiger partial charge in [-0.15, -0.1) is 0 Å². The maximum atomic E-state index is 12.8. The molecule has 1 saturated carbocycles. The van der Waals surface area contributed by atoms with Crippen molar-refractivity contribution in [2.45, 2.75) is 64.5 Å². The maximum absolute atomic E-state index is 12.8. The number of rotatable bonds is 5. The molecule has 3 aliphatic rings. The first-order valence-corrected chi connectivity index (χ1v) is 11.5. The summed E-state index contributed by atoms with van der Waals surface area (Å²) in [6, 6.07) is 7.62. The van der Waals surface area contributed by atoms with Crippen LogP contribution in [0.4, 0.5) is 4.79 Å². The molecule has 5 heteroatoms. The highest BCUT2D eigenvalue weighted by Gasteiger charge is 2.43. The van der Waals surface area contributed by atoms with Gasteiger partial charge in [0, 0.05) is 60.8 Å². The zero-order chi connectivity index (χ0) is 20.1. The van der Waals surface area contributed by atoms with E-state index in [0.717, 1.165) is 38.4 Å². The van der Waals surface area contributed by atoms with E-state index in [2.05, 4.69) is 54.2 Å². The Kier molecular flexibility index (Phi) is 4.81. The molecule has 0 bridgehead atoms. The number of aromatic amines is 1. The summed E-state index contributed by atoms with van der Waals surface area (Å²) in [5.74, 6) is 1.35. The second kappa shape index (κ2) is 7.35. The molecule has 2 N–H and O–H groups in total. The van der Waals surface area contributed by atoms with Gasteiger partial charge in [-0.2, -0.15) is 0 Å². The topological polar surface area (TPSA) is 51.4 Å². The number of likely N-dealkylation sites (tertiary alicyclic amines) is 1. The van der Waals surface area contributed by atoms with E-state index in [1.807, 2.05) is 4.90 Å². The number of aryl methyl sites for hydroxylation is 1. The summed E-state index contributed by atoms with van der Waals surface area (Å²) in [6.07, 6.45) is 4.92. The first-order valence-electron chi connectivity index (χ1n) is 11.5. The first kappa shape index (κ1) is 19.0. The maximum Gasteiger partial charge on any atom is 0.317 e. The number of carbonyl (C=O) groups excluding carboxylic acids is 1. The van der Waals surface area contributed by atoms with Gasteiger partial charge < -0.3 is 15.2 Å². The van der Waals surface area contributed by atoms with Crippen molar-refractivity contribution in [3.8, 4) is 0 Å². The molecule has 2 aromatic rings. The van der Waals surface area contributed by atoms with Crippen molar-refractivity contribution in [2.24, 2.45) is 5.92 Å². The largest absolute Gasteiger partial charge is 0.358 e. The third-order valence-electron chi connectivity index (χ3n) is 7.48. The van der Waals surface area contributed by atoms with Gasteiger partial charge in [-0.1, -0.05) is 12.1 Å². The van der Waals surface area contributed by atoms with Crippen LogP contribution in [0.2, 0.25) is 0 Å². The van der Waals surface area contributed by atoms with Gasteiger partial charge in [0.1, 0.15) is 0 Å². The predicted molar refractivity (Wildman–Crippen MR) is 117 cm³/mol. The van der Waals surface area contributed by atoms with Gasteiger partial charge in [0.05, 0.1) is 0 Å². The Bertz CT molecular complexity index is 911. The average molecular weight is 395 g/mol. The number of hydrogen-bond acceptors (Lipinski definition) is 2. The molecule has 5 rings (SSSR count). The van der Waals surface area contributed by atoms with Crippen LogP contribution in [0.15, 0.2) is 18.2 Å². The van der Waals surface area contributed by atoms with Gasteiger partial charge >= 0.3 is 6.03 Å². The molecule has 3 atom stereocenters.